The highest BCUT2D eigenvalue weighted by Gasteiger charge is 2.13. The van der Waals surface area contributed by atoms with Crippen LogP contribution in [-0.4, -0.2) is 31.7 Å². The van der Waals surface area contributed by atoms with E-state index >= 15 is 0 Å². The number of carbonyl (C=O) groups excluding carboxylic acids is 2. The summed E-state index contributed by atoms with van der Waals surface area (Å²) < 4.78 is 38.3. The maximum Gasteiger partial charge on any atom is 0.274 e. The summed E-state index contributed by atoms with van der Waals surface area (Å²) in [7, 11) is 1.41. The lowest BCUT2D eigenvalue weighted by atomic mass is 10.1. The van der Waals surface area contributed by atoms with E-state index in [4.69, 9.17) is 14.7 Å². The van der Waals surface area contributed by atoms with Gasteiger partial charge in [0.25, 0.3) is 11.8 Å². The fourth-order valence-electron chi connectivity index (χ4n) is 2.79. The second-order valence-corrected chi connectivity index (χ2v) is 7.73. The summed E-state index contributed by atoms with van der Waals surface area (Å²) in [6, 6.07) is 13.6. The van der Waals surface area contributed by atoms with Gasteiger partial charge in [0.15, 0.2) is 18.1 Å². The van der Waals surface area contributed by atoms with Crippen LogP contribution in [0.15, 0.2) is 64.2 Å². The number of hydrogen-bond donors (Lipinski definition) is 2. The van der Waals surface area contributed by atoms with Crippen LogP contribution >= 0.6 is 15.9 Å². The molecule has 35 heavy (non-hydrogen) atoms. The number of nitriles is 1. The Bertz CT molecular complexity index is 1320. The van der Waals surface area contributed by atoms with Crippen LogP contribution in [0.4, 0.5) is 14.5 Å². The largest absolute Gasteiger partial charge is 0.493 e. The molecule has 0 heterocycles. The number of rotatable bonds is 8. The number of nitrogens with one attached hydrogen (secondary N) is 2. The fraction of sp³-hybridized carbons (Fsp3) is 0.0833. The number of carbonyl (C=O) groups is 2. The maximum atomic E-state index is 14.0. The lowest BCUT2D eigenvalue weighted by Crippen LogP contribution is -2.20. The topological polar surface area (TPSA) is 113 Å². The third-order valence-corrected chi connectivity index (χ3v) is 5.17. The summed E-state index contributed by atoms with van der Waals surface area (Å²) in [4.78, 5) is 24.3. The molecule has 0 atom stereocenters. The van der Waals surface area contributed by atoms with Gasteiger partial charge in [-0.1, -0.05) is 0 Å². The van der Waals surface area contributed by atoms with Gasteiger partial charge in [0.05, 0.1) is 30.5 Å². The Hall–Kier alpha value is -4.30. The lowest BCUT2D eigenvalue weighted by molar-refractivity contribution is -0.118. The Labute approximate surface area is 207 Å². The molecule has 3 aromatic rings. The van der Waals surface area contributed by atoms with E-state index in [1.165, 1.54) is 49.7 Å². The number of halogens is 3. The van der Waals surface area contributed by atoms with Gasteiger partial charge in [-0.15, -0.1) is 0 Å². The number of amides is 2. The van der Waals surface area contributed by atoms with E-state index in [9.17, 15) is 18.4 Å². The Kier molecular flexibility index (Phi) is 8.48. The first-order chi connectivity index (χ1) is 16.8. The summed E-state index contributed by atoms with van der Waals surface area (Å²) >= 11 is 3.35. The van der Waals surface area contributed by atoms with E-state index in [1.807, 2.05) is 0 Å². The summed E-state index contributed by atoms with van der Waals surface area (Å²) in [6.45, 7) is -0.334. The van der Waals surface area contributed by atoms with Crippen molar-refractivity contribution in [2.45, 2.75) is 0 Å². The maximum absolute atomic E-state index is 14.0. The lowest BCUT2D eigenvalue weighted by Gasteiger charge is -2.13. The van der Waals surface area contributed by atoms with Gasteiger partial charge in [-0.2, -0.15) is 10.4 Å². The normalized spacial score (nSPS) is 10.5. The predicted molar refractivity (Wildman–Crippen MR) is 127 cm³/mol. The molecule has 0 spiro atoms. The van der Waals surface area contributed by atoms with Crippen LogP contribution in [0.1, 0.15) is 21.5 Å². The van der Waals surface area contributed by atoms with Crippen molar-refractivity contribution in [3.05, 3.63) is 87.4 Å². The molecule has 0 bridgehead atoms. The first-order valence-corrected chi connectivity index (χ1v) is 10.7. The van der Waals surface area contributed by atoms with Crippen LogP contribution in [0.2, 0.25) is 0 Å². The molecular formula is C24H17BrF2N4O4. The molecule has 178 valence electrons. The van der Waals surface area contributed by atoms with Crippen LogP contribution < -0.4 is 20.2 Å². The minimum absolute atomic E-state index is 0.0915. The van der Waals surface area contributed by atoms with Crippen LogP contribution in [0.5, 0.6) is 11.5 Å². The molecule has 0 aliphatic carbocycles. The molecule has 11 heteroatoms. The molecule has 0 aromatic heterocycles. The molecule has 3 aromatic carbocycles. The number of ether oxygens (including phenoxy) is 2. The molecule has 0 saturated heterocycles. The van der Waals surface area contributed by atoms with Crippen LogP contribution in [0.25, 0.3) is 0 Å². The Morgan fingerprint density at radius 2 is 1.86 bits per heavy atom. The van der Waals surface area contributed by atoms with E-state index in [0.717, 1.165) is 6.07 Å². The molecule has 0 fully saturated rings. The second kappa shape index (κ2) is 11.7. The van der Waals surface area contributed by atoms with Gasteiger partial charge in [-0.3, -0.25) is 9.59 Å². The zero-order chi connectivity index (χ0) is 25.4. The van der Waals surface area contributed by atoms with Gasteiger partial charge in [0.2, 0.25) is 0 Å². The van der Waals surface area contributed by atoms with Crippen LogP contribution in [0.3, 0.4) is 0 Å². The van der Waals surface area contributed by atoms with Crippen molar-refractivity contribution in [3.8, 4) is 17.6 Å². The Balaban J connectivity index is 1.64. The minimum atomic E-state index is -0.843. The zero-order valence-corrected chi connectivity index (χ0v) is 19.7. The van der Waals surface area contributed by atoms with E-state index in [2.05, 4.69) is 31.8 Å². The average molecular weight is 543 g/mol. The van der Waals surface area contributed by atoms with Gasteiger partial charge in [0.1, 0.15) is 11.6 Å². The van der Waals surface area contributed by atoms with Crippen molar-refractivity contribution < 1.29 is 27.8 Å². The number of hydrazone groups is 1. The monoisotopic (exact) mass is 542 g/mol. The Morgan fingerprint density at radius 3 is 2.51 bits per heavy atom. The predicted octanol–water partition coefficient (Wildman–Crippen LogP) is 4.39. The smallest absolute Gasteiger partial charge is 0.274 e. The molecule has 3 rings (SSSR count). The third-order valence-electron chi connectivity index (χ3n) is 4.48. The zero-order valence-electron chi connectivity index (χ0n) is 18.1. The quantitative estimate of drug-likeness (QED) is 0.323. The highest BCUT2D eigenvalue weighted by Crippen LogP contribution is 2.33. The molecule has 0 saturated carbocycles. The molecule has 2 amide bonds. The molecule has 0 radical (unpaired) electrons. The molecule has 0 unspecified atom stereocenters. The van der Waals surface area contributed by atoms with Gasteiger partial charge in [-0.05, 0) is 70.5 Å². The molecule has 8 nitrogen and oxygen atoms in total. The molecule has 0 aliphatic heterocycles. The average Bonchev–Trinajstić information content (AvgIpc) is 2.84. The van der Waals surface area contributed by atoms with Crippen molar-refractivity contribution in [1.82, 2.24) is 5.43 Å². The second-order valence-electron chi connectivity index (χ2n) is 6.87. The minimum Gasteiger partial charge on any atom is -0.493 e. The molecular weight excluding hydrogens is 526 g/mol. The first kappa shape index (κ1) is 25.3. The summed E-state index contributed by atoms with van der Waals surface area (Å²) in [5.41, 5.74) is 2.95. The van der Waals surface area contributed by atoms with E-state index in [-0.39, 0.29) is 29.2 Å². The Morgan fingerprint density at radius 1 is 1.11 bits per heavy atom. The van der Waals surface area contributed by atoms with Crippen molar-refractivity contribution in [1.29, 1.82) is 5.26 Å². The number of benzene rings is 3. The number of methoxy groups -OCH3 is 1. The number of hydrogen-bond acceptors (Lipinski definition) is 6. The highest BCUT2D eigenvalue weighted by molar-refractivity contribution is 9.10. The molecule has 0 aliphatic rings. The van der Waals surface area contributed by atoms with Crippen molar-refractivity contribution >= 4 is 39.6 Å². The summed E-state index contributed by atoms with van der Waals surface area (Å²) in [5.74, 6) is -1.97. The highest BCUT2D eigenvalue weighted by atomic mass is 79.9. The SMILES string of the molecule is COc1cc(/C=N\NC(=O)c2ccc(C#N)cc2F)c(Br)cc1OCC(=O)Nc1ccc(F)cc1. The van der Waals surface area contributed by atoms with E-state index in [0.29, 0.717) is 15.7 Å². The summed E-state index contributed by atoms with van der Waals surface area (Å²) in [6.07, 6.45) is 1.30. The standard InChI is InChI=1S/C24H17BrF2N4O4/c1-34-21-9-15(12-29-31-24(33)18-7-2-14(11-28)8-20(18)27)19(25)10-22(21)35-13-23(32)30-17-5-3-16(26)4-6-17/h2-10,12H,13H2,1H3,(H,30,32)(H,31,33)/b29-12-. The number of anilines is 1. The van der Waals surface area contributed by atoms with E-state index in [1.54, 1.807) is 18.2 Å². The van der Waals surface area contributed by atoms with Gasteiger partial charge < -0.3 is 14.8 Å². The van der Waals surface area contributed by atoms with Crippen molar-refractivity contribution in [2.75, 3.05) is 19.0 Å². The van der Waals surface area contributed by atoms with Gasteiger partial charge in [0, 0.05) is 15.7 Å². The van der Waals surface area contributed by atoms with E-state index < -0.39 is 23.4 Å². The van der Waals surface area contributed by atoms with Gasteiger partial charge in [-0.25, -0.2) is 14.2 Å². The summed E-state index contributed by atoms with van der Waals surface area (Å²) in [5, 5.41) is 15.2. The number of nitrogens with zero attached hydrogens (tertiary/aromatic N) is 2. The van der Waals surface area contributed by atoms with Crippen molar-refractivity contribution in [2.24, 2.45) is 5.10 Å². The third kappa shape index (κ3) is 6.84. The van der Waals surface area contributed by atoms with Gasteiger partial charge >= 0.3 is 0 Å². The van der Waals surface area contributed by atoms with Crippen LogP contribution in [-0.2, 0) is 4.79 Å². The van der Waals surface area contributed by atoms with Crippen LogP contribution in [0, 0.1) is 23.0 Å². The fourth-order valence-corrected chi connectivity index (χ4v) is 3.21. The first-order valence-electron chi connectivity index (χ1n) is 9.89. The molecule has 2 N–H and O–H groups in total. The van der Waals surface area contributed by atoms with Crippen molar-refractivity contribution in [3.63, 3.8) is 0 Å².